The van der Waals surface area contributed by atoms with Crippen molar-refractivity contribution in [3.8, 4) is 0 Å². The Kier molecular flexibility index (Phi) is 5.48. The minimum absolute atomic E-state index is 0.0996. The van der Waals surface area contributed by atoms with E-state index < -0.39 is 0 Å². The maximum absolute atomic E-state index is 11.0. The molecule has 0 radical (unpaired) electrons. The third-order valence-corrected chi connectivity index (χ3v) is 3.78. The van der Waals surface area contributed by atoms with Crippen LogP contribution in [0.5, 0.6) is 0 Å². The van der Waals surface area contributed by atoms with Crippen LogP contribution < -0.4 is 16.8 Å². The largest absolute Gasteiger partial charge is 0.370 e. The summed E-state index contributed by atoms with van der Waals surface area (Å²) in [6, 6.07) is 8.18. The van der Waals surface area contributed by atoms with Gasteiger partial charge in [0.2, 0.25) is 5.91 Å². The van der Waals surface area contributed by atoms with E-state index in [-0.39, 0.29) is 11.9 Å². The number of nitrogens with zero attached hydrogens (tertiary/aromatic N) is 2. The van der Waals surface area contributed by atoms with Crippen LogP contribution >= 0.6 is 11.3 Å². The summed E-state index contributed by atoms with van der Waals surface area (Å²) in [5.41, 5.74) is 13.9. The van der Waals surface area contributed by atoms with Gasteiger partial charge in [0, 0.05) is 12.3 Å². The van der Waals surface area contributed by atoms with E-state index in [0.29, 0.717) is 11.7 Å². The van der Waals surface area contributed by atoms with Crippen molar-refractivity contribution in [3.63, 3.8) is 0 Å². The molecule has 0 saturated carbocycles. The van der Waals surface area contributed by atoms with E-state index in [4.69, 9.17) is 11.5 Å². The van der Waals surface area contributed by atoms with E-state index in [2.05, 4.69) is 27.4 Å². The first-order chi connectivity index (χ1) is 10.5. The molecule has 0 saturated heterocycles. The summed E-state index contributed by atoms with van der Waals surface area (Å²) in [5.74, 6) is -0.000142. The number of rotatable bonds is 6. The van der Waals surface area contributed by atoms with Crippen molar-refractivity contribution in [2.24, 2.45) is 16.5 Å². The lowest BCUT2D eigenvalue weighted by atomic mass is 10.1. The third kappa shape index (κ3) is 5.17. The molecule has 5 N–H and O–H groups in total. The summed E-state index contributed by atoms with van der Waals surface area (Å²) in [5, 5.41) is 5.31. The number of thiazole rings is 1. The highest BCUT2D eigenvalue weighted by Gasteiger charge is 2.04. The highest BCUT2D eigenvalue weighted by Crippen LogP contribution is 2.17. The molecule has 0 unspecified atom stereocenters. The molecule has 7 heteroatoms. The third-order valence-electron chi connectivity index (χ3n) is 2.97. The molecule has 0 aliphatic rings. The molecule has 0 aliphatic heterocycles. The Labute approximate surface area is 133 Å². The lowest BCUT2D eigenvalue weighted by Gasteiger charge is -2.02. The topological polar surface area (TPSA) is 106 Å². The zero-order valence-corrected chi connectivity index (χ0v) is 13.2. The van der Waals surface area contributed by atoms with Gasteiger partial charge in [-0.3, -0.25) is 4.79 Å². The lowest BCUT2D eigenvalue weighted by Crippen LogP contribution is -2.22. The van der Waals surface area contributed by atoms with Gasteiger partial charge in [0.1, 0.15) is 0 Å². The predicted octanol–water partition coefficient (Wildman–Crippen LogP) is 1.66. The Balaban J connectivity index is 1.87. The summed E-state index contributed by atoms with van der Waals surface area (Å²) >= 11 is 1.44. The number of guanidine groups is 1. The van der Waals surface area contributed by atoms with Gasteiger partial charge in [-0.15, -0.1) is 11.3 Å². The van der Waals surface area contributed by atoms with Gasteiger partial charge < -0.3 is 16.8 Å². The van der Waals surface area contributed by atoms with E-state index in [1.165, 1.54) is 23.8 Å². The molecule has 1 aromatic heterocycles. The average molecular weight is 317 g/mol. The molecule has 0 spiro atoms. The number of nitrogens with two attached hydrogens (primary N) is 2. The summed E-state index contributed by atoms with van der Waals surface area (Å²) in [6.07, 6.45) is 1.73. The molecule has 22 heavy (non-hydrogen) atoms. The molecule has 116 valence electrons. The summed E-state index contributed by atoms with van der Waals surface area (Å²) in [7, 11) is 0. The quantitative estimate of drug-likeness (QED) is 0.556. The number of aliphatic imine (C=N–C) groups is 1. The number of benzene rings is 1. The van der Waals surface area contributed by atoms with Crippen molar-refractivity contribution in [1.82, 2.24) is 4.98 Å². The molecule has 1 heterocycles. The van der Waals surface area contributed by atoms with Crippen LogP contribution in [0.4, 0.5) is 5.13 Å². The SMILES string of the molecule is CC(=O)Nc1nc(CCc2ccc(CN=C(N)N)cc2)cs1. The Morgan fingerprint density at radius 3 is 2.55 bits per heavy atom. The van der Waals surface area contributed by atoms with E-state index in [9.17, 15) is 4.79 Å². The maximum atomic E-state index is 11.0. The number of anilines is 1. The minimum Gasteiger partial charge on any atom is -0.370 e. The summed E-state index contributed by atoms with van der Waals surface area (Å²) in [6.45, 7) is 1.97. The number of hydrogen-bond acceptors (Lipinski definition) is 4. The number of hydrogen-bond donors (Lipinski definition) is 3. The van der Waals surface area contributed by atoms with Crippen LogP contribution in [-0.2, 0) is 24.2 Å². The van der Waals surface area contributed by atoms with Crippen LogP contribution in [0.15, 0.2) is 34.6 Å². The standard InChI is InChI=1S/C15H19N5OS/c1-10(21)19-15-20-13(9-22-15)7-6-11-2-4-12(5-3-11)8-18-14(16)17/h2-5,9H,6-8H2,1H3,(H4,16,17,18)(H,19,20,21). The fraction of sp³-hybridized carbons (Fsp3) is 0.267. The molecule has 6 nitrogen and oxygen atoms in total. The van der Waals surface area contributed by atoms with Crippen LogP contribution in [0.25, 0.3) is 0 Å². The van der Waals surface area contributed by atoms with E-state index >= 15 is 0 Å². The smallest absolute Gasteiger partial charge is 0.223 e. The lowest BCUT2D eigenvalue weighted by molar-refractivity contribution is -0.114. The van der Waals surface area contributed by atoms with Gasteiger partial charge in [-0.25, -0.2) is 9.98 Å². The second kappa shape index (κ2) is 7.56. The van der Waals surface area contributed by atoms with Crippen molar-refractivity contribution < 1.29 is 4.79 Å². The molecule has 0 fully saturated rings. The number of carbonyl (C=O) groups is 1. The predicted molar refractivity (Wildman–Crippen MR) is 89.8 cm³/mol. The highest BCUT2D eigenvalue weighted by molar-refractivity contribution is 7.13. The Morgan fingerprint density at radius 2 is 1.91 bits per heavy atom. The minimum atomic E-state index is -0.0998. The monoisotopic (exact) mass is 317 g/mol. The molecule has 1 aromatic carbocycles. The van der Waals surface area contributed by atoms with Crippen molar-refractivity contribution in [3.05, 3.63) is 46.5 Å². The van der Waals surface area contributed by atoms with Gasteiger partial charge in [-0.1, -0.05) is 24.3 Å². The summed E-state index contributed by atoms with van der Waals surface area (Å²) in [4.78, 5) is 19.3. The Morgan fingerprint density at radius 1 is 1.23 bits per heavy atom. The number of carbonyl (C=O) groups excluding carboxylic acids is 1. The highest BCUT2D eigenvalue weighted by atomic mass is 32.1. The number of nitrogens with one attached hydrogen (secondary N) is 1. The zero-order valence-electron chi connectivity index (χ0n) is 12.4. The van der Waals surface area contributed by atoms with E-state index in [1.807, 2.05) is 17.5 Å². The maximum Gasteiger partial charge on any atom is 0.223 e. The molecule has 0 bridgehead atoms. The van der Waals surface area contributed by atoms with Crippen molar-refractivity contribution in [1.29, 1.82) is 0 Å². The molecular formula is C15H19N5OS. The van der Waals surface area contributed by atoms with Gasteiger partial charge in [0.25, 0.3) is 0 Å². The fourth-order valence-corrected chi connectivity index (χ4v) is 2.69. The van der Waals surface area contributed by atoms with Gasteiger partial charge >= 0.3 is 0 Å². The molecule has 0 atom stereocenters. The molecular weight excluding hydrogens is 298 g/mol. The number of aromatic nitrogens is 1. The second-order valence-electron chi connectivity index (χ2n) is 4.88. The number of aryl methyl sites for hydroxylation is 2. The van der Waals surface area contributed by atoms with Gasteiger partial charge in [0.15, 0.2) is 11.1 Å². The molecule has 0 aliphatic carbocycles. The van der Waals surface area contributed by atoms with Crippen molar-refractivity contribution in [2.45, 2.75) is 26.3 Å². The summed E-state index contributed by atoms with van der Waals surface area (Å²) < 4.78 is 0. The first-order valence-corrected chi connectivity index (χ1v) is 7.76. The van der Waals surface area contributed by atoms with E-state index in [1.54, 1.807) is 0 Å². The van der Waals surface area contributed by atoms with Crippen LogP contribution in [0.1, 0.15) is 23.7 Å². The van der Waals surface area contributed by atoms with Crippen molar-refractivity contribution >= 4 is 28.3 Å². The zero-order chi connectivity index (χ0) is 15.9. The first kappa shape index (κ1) is 16.0. The van der Waals surface area contributed by atoms with Gasteiger partial charge in [-0.05, 0) is 24.0 Å². The molecule has 2 aromatic rings. The van der Waals surface area contributed by atoms with Crippen LogP contribution in [0.2, 0.25) is 0 Å². The van der Waals surface area contributed by atoms with Crippen LogP contribution in [0.3, 0.4) is 0 Å². The first-order valence-electron chi connectivity index (χ1n) is 6.88. The molecule has 1 amide bonds. The Bertz CT molecular complexity index is 659. The fourth-order valence-electron chi connectivity index (χ4n) is 1.90. The van der Waals surface area contributed by atoms with Gasteiger partial charge in [0.05, 0.1) is 12.2 Å². The van der Waals surface area contributed by atoms with Crippen LogP contribution in [0, 0.1) is 0 Å². The Hall–Kier alpha value is -2.41. The van der Waals surface area contributed by atoms with Gasteiger partial charge in [-0.2, -0.15) is 0 Å². The second-order valence-corrected chi connectivity index (χ2v) is 5.74. The van der Waals surface area contributed by atoms with E-state index in [0.717, 1.165) is 24.1 Å². The number of amides is 1. The van der Waals surface area contributed by atoms with Crippen molar-refractivity contribution in [2.75, 3.05) is 5.32 Å². The van der Waals surface area contributed by atoms with Crippen LogP contribution in [-0.4, -0.2) is 16.9 Å². The average Bonchev–Trinajstić information content (AvgIpc) is 2.90. The molecule has 2 rings (SSSR count). The normalized spacial score (nSPS) is 10.2.